The van der Waals surface area contributed by atoms with Crippen LogP contribution in [0.1, 0.15) is 35.5 Å². The third-order valence-corrected chi connectivity index (χ3v) is 4.00. The van der Waals surface area contributed by atoms with Crippen LogP contribution in [0.4, 0.5) is 10.5 Å². The van der Waals surface area contributed by atoms with E-state index in [0.29, 0.717) is 30.0 Å². The summed E-state index contributed by atoms with van der Waals surface area (Å²) in [7, 11) is 0. The molecule has 1 aromatic carbocycles. The van der Waals surface area contributed by atoms with E-state index in [1.807, 2.05) is 31.2 Å². The second-order valence-corrected chi connectivity index (χ2v) is 5.46. The van der Waals surface area contributed by atoms with Gasteiger partial charge in [0.2, 0.25) is 0 Å². The van der Waals surface area contributed by atoms with Crippen LogP contribution in [0.5, 0.6) is 0 Å². The maximum atomic E-state index is 12.2. The molecule has 1 heterocycles. The maximum Gasteiger partial charge on any atom is 0.319 e. The van der Waals surface area contributed by atoms with Gasteiger partial charge in [-0.3, -0.25) is 0 Å². The normalized spacial score (nSPS) is 19.8. The van der Waals surface area contributed by atoms with E-state index in [0.717, 1.165) is 11.1 Å². The zero-order valence-corrected chi connectivity index (χ0v) is 12.6. The summed E-state index contributed by atoms with van der Waals surface area (Å²) in [5, 5.41) is 19.7. The summed E-state index contributed by atoms with van der Waals surface area (Å²) in [5.74, 6) is 0.569. The Bertz CT molecular complexity index is 696. The molecule has 2 aromatic rings. The Morgan fingerprint density at radius 1 is 1.45 bits per heavy atom. The SMILES string of the molecule is CCc1noc(C)c1NC(=O)N[C@@H]1c2ccccc2C[C@@H]1O. The largest absolute Gasteiger partial charge is 0.390 e. The number of aliphatic hydroxyl groups is 1. The number of benzene rings is 1. The van der Waals surface area contributed by atoms with E-state index in [1.54, 1.807) is 6.92 Å². The van der Waals surface area contributed by atoms with Gasteiger partial charge in [-0.1, -0.05) is 36.3 Å². The van der Waals surface area contributed by atoms with Crippen molar-refractivity contribution in [3.8, 4) is 0 Å². The lowest BCUT2D eigenvalue weighted by Gasteiger charge is -2.18. The summed E-state index contributed by atoms with van der Waals surface area (Å²) in [4.78, 5) is 12.2. The van der Waals surface area contributed by atoms with Gasteiger partial charge in [0.1, 0.15) is 11.4 Å². The number of aliphatic hydroxyl groups excluding tert-OH is 1. The standard InChI is InChI=1S/C16H19N3O3/c1-3-12-14(9(2)22-19-12)17-16(21)18-15-11-7-5-4-6-10(11)8-13(15)20/h4-7,13,15,20H,3,8H2,1-2H3,(H2,17,18,21)/t13-,15+/m0/s1. The van der Waals surface area contributed by atoms with Crippen molar-refractivity contribution < 1.29 is 14.4 Å². The lowest BCUT2D eigenvalue weighted by atomic mass is 10.1. The first-order valence-corrected chi connectivity index (χ1v) is 7.38. The third kappa shape index (κ3) is 2.57. The molecule has 1 aromatic heterocycles. The predicted octanol–water partition coefficient (Wildman–Crippen LogP) is 2.33. The van der Waals surface area contributed by atoms with Crippen LogP contribution in [-0.2, 0) is 12.8 Å². The predicted molar refractivity (Wildman–Crippen MR) is 81.7 cm³/mol. The molecule has 3 N–H and O–H groups in total. The Hall–Kier alpha value is -2.34. The minimum absolute atomic E-state index is 0.373. The minimum Gasteiger partial charge on any atom is -0.390 e. The summed E-state index contributed by atoms with van der Waals surface area (Å²) in [6, 6.07) is 6.96. The highest BCUT2D eigenvalue weighted by molar-refractivity contribution is 5.90. The van der Waals surface area contributed by atoms with Gasteiger partial charge in [-0.05, 0) is 24.5 Å². The monoisotopic (exact) mass is 301 g/mol. The van der Waals surface area contributed by atoms with E-state index >= 15 is 0 Å². The number of fused-ring (bicyclic) bond motifs is 1. The van der Waals surface area contributed by atoms with Crippen LogP contribution < -0.4 is 10.6 Å². The van der Waals surface area contributed by atoms with Gasteiger partial charge < -0.3 is 20.3 Å². The molecule has 0 fully saturated rings. The Morgan fingerprint density at radius 2 is 2.23 bits per heavy atom. The molecule has 0 saturated heterocycles. The van der Waals surface area contributed by atoms with Gasteiger partial charge in [0, 0.05) is 6.42 Å². The maximum absolute atomic E-state index is 12.2. The fourth-order valence-corrected chi connectivity index (χ4v) is 2.86. The van der Waals surface area contributed by atoms with Gasteiger partial charge in [0.25, 0.3) is 0 Å². The van der Waals surface area contributed by atoms with Gasteiger partial charge in [-0.2, -0.15) is 0 Å². The number of carbonyl (C=O) groups is 1. The van der Waals surface area contributed by atoms with Crippen molar-refractivity contribution in [1.82, 2.24) is 10.5 Å². The summed E-state index contributed by atoms with van der Waals surface area (Å²) in [5.41, 5.74) is 3.33. The van der Waals surface area contributed by atoms with E-state index in [9.17, 15) is 9.90 Å². The van der Waals surface area contributed by atoms with E-state index < -0.39 is 12.1 Å². The zero-order valence-electron chi connectivity index (χ0n) is 12.6. The molecule has 1 aliphatic rings. The molecule has 0 aliphatic heterocycles. The van der Waals surface area contributed by atoms with Gasteiger partial charge >= 0.3 is 6.03 Å². The first kappa shape index (κ1) is 14.6. The molecule has 6 heteroatoms. The van der Waals surface area contributed by atoms with Gasteiger partial charge in [-0.25, -0.2) is 4.79 Å². The fraction of sp³-hybridized carbons (Fsp3) is 0.375. The fourth-order valence-electron chi connectivity index (χ4n) is 2.86. The molecule has 3 rings (SSSR count). The molecule has 1 aliphatic carbocycles. The van der Waals surface area contributed by atoms with Crippen molar-refractivity contribution >= 4 is 11.7 Å². The molecule has 2 atom stereocenters. The van der Waals surface area contributed by atoms with Crippen LogP contribution in [0.15, 0.2) is 28.8 Å². The number of carbonyl (C=O) groups excluding carboxylic acids is 1. The van der Waals surface area contributed by atoms with Gasteiger partial charge in [-0.15, -0.1) is 0 Å². The highest BCUT2D eigenvalue weighted by Crippen LogP contribution is 2.31. The van der Waals surface area contributed by atoms with Gasteiger partial charge in [0.15, 0.2) is 5.76 Å². The van der Waals surface area contributed by atoms with E-state index in [1.165, 1.54) is 0 Å². The topological polar surface area (TPSA) is 87.4 Å². The zero-order chi connectivity index (χ0) is 15.7. The number of nitrogens with one attached hydrogen (secondary N) is 2. The average Bonchev–Trinajstić information content (AvgIpc) is 3.01. The van der Waals surface area contributed by atoms with Crippen molar-refractivity contribution in [3.05, 3.63) is 46.8 Å². The first-order valence-electron chi connectivity index (χ1n) is 7.38. The molecular weight excluding hydrogens is 282 g/mol. The first-order chi connectivity index (χ1) is 10.6. The Balaban J connectivity index is 1.74. The molecule has 116 valence electrons. The lowest BCUT2D eigenvalue weighted by molar-refractivity contribution is 0.144. The summed E-state index contributed by atoms with van der Waals surface area (Å²) >= 11 is 0. The van der Waals surface area contributed by atoms with E-state index in [4.69, 9.17) is 4.52 Å². The summed E-state index contributed by atoms with van der Waals surface area (Å²) < 4.78 is 5.09. The Morgan fingerprint density at radius 3 is 3.00 bits per heavy atom. The highest BCUT2D eigenvalue weighted by atomic mass is 16.5. The summed E-state index contributed by atoms with van der Waals surface area (Å²) in [6.45, 7) is 3.69. The van der Waals surface area contributed by atoms with Crippen LogP contribution in [0.25, 0.3) is 0 Å². The van der Waals surface area contributed by atoms with Crippen LogP contribution in [0, 0.1) is 6.92 Å². The minimum atomic E-state index is -0.614. The third-order valence-electron chi connectivity index (χ3n) is 4.00. The molecule has 22 heavy (non-hydrogen) atoms. The number of urea groups is 1. The van der Waals surface area contributed by atoms with Crippen molar-refractivity contribution in [2.75, 3.05) is 5.32 Å². The van der Waals surface area contributed by atoms with E-state index in [2.05, 4.69) is 15.8 Å². The molecule has 0 radical (unpaired) electrons. The second kappa shape index (κ2) is 5.81. The quantitative estimate of drug-likeness (QED) is 0.812. The van der Waals surface area contributed by atoms with E-state index in [-0.39, 0.29) is 6.03 Å². The van der Waals surface area contributed by atoms with Crippen LogP contribution >= 0.6 is 0 Å². The number of rotatable bonds is 3. The number of nitrogens with zero attached hydrogens (tertiary/aromatic N) is 1. The van der Waals surface area contributed by atoms with Crippen molar-refractivity contribution in [2.24, 2.45) is 0 Å². The molecule has 0 saturated carbocycles. The van der Waals surface area contributed by atoms with Crippen molar-refractivity contribution in [2.45, 2.75) is 38.8 Å². The Labute approximate surface area is 128 Å². The number of anilines is 1. The Kier molecular flexibility index (Phi) is 3.85. The molecule has 0 bridgehead atoms. The average molecular weight is 301 g/mol. The highest BCUT2D eigenvalue weighted by Gasteiger charge is 2.32. The lowest BCUT2D eigenvalue weighted by Crippen LogP contribution is -2.37. The molecule has 2 amide bonds. The number of aryl methyl sites for hydroxylation is 2. The van der Waals surface area contributed by atoms with Crippen molar-refractivity contribution in [1.29, 1.82) is 0 Å². The van der Waals surface area contributed by atoms with Crippen molar-refractivity contribution in [3.63, 3.8) is 0 Å². The second-order valence-electron chi connectivity index (χ2n) is 5.46. The smallest absolute Gasteiger partial charge is 0.319 e. The number of aromatic nitrogens is 1. The molecule has 0 unspecified atom stereocenters. The number of hydrogen-bond acceptors (Lipinski definition) is 4. The van der Waals surface area contributed by atoms with Crippen LogP contribution in [-0.4, -0.2) is 22.4 Å². The number of amides is 2. The van der Waals surface area contributed by atoms with Crippen LogP contribution in [0.2, 0.25) is 0 Å². The number of hydrogen-bond donors (Lipinski definition) is 3. The summed E-state index contributed by atoms with van der Waals surface area (Å²) in [6.07, 6.45) is 0.604. The van der Waals surface area contributed by atoms with Gasteiger partial charge in [0.05, 0.1) is 12.1 Å². The molecule has 6 nitrogen and oxygen atoms in total. The molecular formula is C16H19N3O3. The van der Waals surface area contributed by atoms with Crippen LogP contribution in [0.3, 0.4) is 0 Å². The molecule has 0 spiro atoms.